The second-order valence-electron chi connectivity index (χ2n) is 3.81. The average molecular weight is 226 g/mol. The van der Waals surface area contributed by atoms with Gasteiger partial charge in [0, 0.05) is 5.69 Å². The van der Waals surface area contributed by atoms with Gasteiger partial charge in [0.05, 0.1) is 10.9 Å². The number of benzene rings is 2. The molecule has 0 aliphatic carbocycles. The largest absolute Gasteiger partial charge is 0.507 e. The highest BCUT2D eigenvalue weighted by atomic mass is 16.5. The number of nitrogens with zero attached hydrogens (tertiary/aromatic N) is 1. The maximum Gasteiger partial charge on any atom is 0.178 e. The Kier molecular flexibility index (Phi) is 2.01. The normalized spacial score (nSPS) is 10.8. The summed E-state index contributed by atoms with van der Waals surface area (Å²) >= 11 is 0. The molecular formula is C13H10N2O2. The third-order valence-corrected chi connectivity index (χ3v) is 2.65. The quantitative estimate of drug-likeness (QED) is 0.626. The van der Waals surface area contributed by atoms with Crippen molar-refractivity contribution in [2.24, 2.45) is 0 Å². The Morgan fingerprint density at radius 3 is 2.76 bits per heavy atom. The molecule has 2 aromatic carbocycles. The lowest BCUT2D eigenvalue weighted by Gasteiger charge is -2.00. The summed E-state index contributed by atoms with van der Waals surface area (Å²) < 4.78 is 5.27. The molecule has 3 N–H and O–H groups in total. The van der Waals surface area contributed by atoms with Crippen molar-refractivity contribution >= 4 is 16.6 Å². The maximum absolute atomic E-state index is 9.79. The van der Waals surface area contributed by atoms with Crippen LogP contribution in [0.2, 0.25) is 0 Å². The van der Waals surface area contributed by atoms with Gasteiger partial charge >= 0.3 is 0 Å². The molecule has 4 nitrogen and oxygen atoms in total. The van der Waals surface area contributed by atoms with Gasteiger partial charge in [-0.05, 0) is 30.3 Å². The molecule has 0 unspecified atom stereocenters. The van der Waals surface area contributed by atoms with Gasteiger partial charge in [0.15, 0.2) is 5.76 Å². The fourth-order valence-electron chi connectivity index (χ4n) is 1.82. The zero-order valence-electron chi connectivity index (χ0n) is 8.92. The van der Waals surface area contributed by atoms with Crippen LogP contribution in [0, 0.1) is 0 Å². The molecule has 0 amide bonds. The highest BCUT2D eigenvalue weighted by Crippen LogP contribution is 2.34. The Bertz CT molecular complexity index is 689. The number of phenols is 1. The Morgan fingerprint density at radius 1 is 1.12 bits per heavy atom. The minimum atomic E-state index is 0.160. The predicted molar refractivity (Wildman–Crippen MR) is 65.5 cm³/mol. The summed E-state index contributed by atoms with van der Waals surface area (Å²) in [6.07, 6.45) is 0. The summed E-state index contributed by atoms with van der Waals surface area (Å²) in [6.45, 7) is 0. The van der Waals surface area contributed by atoms with Gasteiger partial charge in [-0.1, -0.05) is 17.3 Å². The van der Waals surface area contributed by atoms with Crippen LogP contribution in [0.3, 0.4) is 0 Å². The second-order valence-corrected chi connectivity index (χ2v) is 3.81. The van der Waals surface area contributed by atoms with Gasteiger partial charge in [0.1, 0.15) is 11.3 Å². The minimum absolute atomic E-state index is 0.160. The van der Waals surface area contributed by atoms with Crippen molar-refractivity contribution < 1.29 is 9.63 Å². The number of aromatic nitrogens is 1. The van der Waals surface area contributed by atoms with E-state index in [1.165, 1.54) is 0 Å². The van der Waals surface area contributed by atoms with Gasteiger partial charge < -0.3 is 15.4 Å². The SMILES string of the molecule is Nc1ccc2noc(-c3ccccc3O)c2c1. The Hall–Kier alpha value is -2.49. The van der Waals surface area contributed by atoms with Crippen LogP contribution in [0.4, 0.5) is 5.69 Å². The molecular weight excluding hydrogens is 216 g/mol. The van der Waals surface area contributed by atoms with Gasteiger partial charge in [-0.25, -0.2) is 0 Å². The number of para-hydroxylation sites is 1. The zero-order chi connectivity index (χ0) is 11.8. The number of aromatic hydroxyl groups is 1. The highest BCUT2D eigenvalue weighted by molar-refractivity contribution is 5.94. The third kappa shape index (κ3) is 1.50. The van der Waals surface area contributed by atoms with Crippen LogP contribution in [-0.2, 0) is 0 Å². The number of phenolic OH excluding ortho intramolecular Hbond substituents is 1. The summed E-state index contributed by atoms with van der Waals surface area (Å²) in [6, 6.07) is 12.3. The number of nitrogens with two attached hydrogens (primary N) is 1. The van der Waals surface area contributed by atoms with Crippen LogP contribution < -0.4 is 5.73 Å². The lowest BCUT2D eigenvalue weighted by molar-refractivity contribution is 0.433. The molecule has 0 saturated carbocycles. The van der Waals surface area contributed by atoms with Crippen molar-refractivity contribution in [3.8, 4) is 17.1 Å². The standard InChI is InChI=1S/C13H10N2O2/c14-8-5-6-11-10(7-8)13(17-15-11)9-3-1-2-4-12(9)16/h1-7,16H,14H2. The van der Waals surface area contributed by atoms with Gasteiger partial charge in [0.2, 0.25) is 0 Å². The molecule has 0 spiro atoms. The molecule has 0 bridgehead atoms. The monoisotopic (exact) mass is 226 g/mol. The van der Waals surface area contributed by atoms with E-state index in [1.54, 1.807) is 36.4 Å². The number of rotatable bonds is 1. The molecule has 17 heavy (non-hydrogen) atoms. The lowest BCUT2D eigenvalue weighted by Crippen LogP contribution is -1.83. The van der Waals surface area contributed by atoms with E-state index in [-0.39, 0.29) is 5.75 Å². The van der Waals surface area contributed by atoms with Crippen LogP contribution in [0.15, 0.2) is 47.0 Å². The smallest absolute Gasteiger partial charge is 0.178 e. The molecule has 1 heterocycles. The predicted octanol–water partition coefficient (Wildman–Crippen LogP) is 2.78. The van der Waals surface area contributed by atoms with Crippen molar-refractivity contribution in [2.75, 3.05) is 5.73 Å². The number of anilines is 1. The van der Waals surface area contributed by atoms with Crippen molar-refractivity contribution in [1.82, 2.24) is 5.16 Å². The molecule has 0 saturated heterocycles. The number of nitrogen functional groups attached to an aromatic ring is 1. The molecule has 84 valence electrons. The van der Waals surface area contributed by atoms with Gasteiger partial charge in [-0.2, -0.15) is 0 Å². The van der Waals surface area contributed by atoms with E-state index in [0.29, 0.717) is 17.0 Å². The van der Waals surface area contributed by atoms with E-state index in [1.807, 2.05) is 6.07 Å². The second kappa shape index (κ2) is 3.52. The first-order chi connectivity index (χ1) is 8.25. The van der Waals surface area contributed by atoms with Crippen LogP contribution in [0.1, 0.15) is 0 Å². The van der Waals surface area contributed by atoms with Gasteiger partial charge in [-0.15, -0.1) is 0 Å². The van der Waals surface area contributed by atoms with Crippen molar-refractivity contribution in [3.05, 3.63) is 42.5 Å². The summed E-state index contributed by atoms with van der Waals surface area (Å²) in [5.41, 5.74) is 7.70. The molecule has 4 heteroatoms. The maximum atomic E-state index is 9.79. The van der Waals surface area contributed by atoms with Gasteiger partial charge in [-0.3, -0.25) is 0 Å². The van der Waals surface area contributed by atoms with Gasteiger partial charge in [0.25, 0.3) is 0 Å². The van der Waals surface area contributed by atoms with E-state index in [2.05, 4.69) is 5.16 Å². The highest BCUT2D eigenvalue weighted by Gasteiger charge is 2.13. The first-order valence-corrected chi connectivity index (χ1v) is 5.19. The van der Waals surface area contributed by atoms with E-state index in [0.717, 1.165) is 10.9 Å². The molecule has 0 radical (unpaired) electrons. The molecule has 0 aliphatic heterocycles. The fourth-order valence-corrected chi connectivity index (χ4v) is 1.82. The lowest BCUT2D eigenvalue weighted by atomic mass is 10.1. The molecule has 3 aromatic rings. The zero-order valence-corrected chi connectivity index (χ0v) is 8.92. The van der Waals surface area contributed by atoms with Crippen molar-refractivity contribution in [1.29, 1.82) is 0 Å². The first-order valence-electron chi connectivity index (χ1n) is 5.19. The average Bonchev–Trinajstić information content (AvgIpc) is 2.72. The molecule has 0 aliphatic rings. The fraction of sp³-hybridized carbons (Fsp3) is 0. The van der Waals surface area contributed by atoms with Crippen LogP contribution >= 0.6 is 0 Å². The molecule has 0 atom stereocenters. The third-order valence-electron chi connectivity index (χ3n) is 2.65. The van der Waals surface area contributed by atoms with E-state index in [9.17, 15) is 5.11 Å². The number of fused-ring (bicyclic) bond motifs is 1. The number of hydrogen-bond acceptors (Lipinski definition) is 4. The summed E-state index contributed by atoms with van der Waals surface area (Å²) in [4.78, 5) is 0. The van der Waals surface area contributed by atoms with E-state index < -0.39 is 0 Å². The number of hydrogen-bond donors (Lipinski definition) is 2. The van der Waals surface area contributed by atoms with Crippen LogP contribution in [0.5, 0.6) is 5.75 Å². The van der Waals surface area contributed by atoms with Crippen LogP contribution in [-0.4, -0.2) is 10.3 Å². The summed E-state index contributed by atoms with van der Waals surface area (Å²) in [5.74, 6) is 0.693. The molecule has 3 rings (SSSR count). The van der Waals surface area contributed by atoms with E-state index in [4.69, 9.17) is 10.3 Å². The molecule has 0 fully saturated rings. The summed E-state index contributed by atoms with van der Waals surface area (Å²) in [5, 5.41) is 14.5. The summed E-state index contributed by atoms with van der Waals surface area (Å²) in [7, 11) is 0. The van der Waals surface area contributed by atoms with Crippen LogP contribution in [0.25, 0.3) is 22.2 Å². The van der Waals surface area contributed by atoms with Crippen molar-refractivity contribution in [3.63, 3.8) is 0 Å². The molecule has 1 aromatic heterocycles. The van der Waals surface area contributed by atoms with Crippen molar-refractivity contribution in [2.45, 2.75) is 0 Å². The topological polar surface area (TPSA) is 72.3 Å². The Balaban J connectivity index is 2.31. The first kappa shape index (κ1) is 9.72. The Morgan fingerprint density at radius 2 is 1.94 bits per heavy atom. The van der Waals surface area contributed by atoms with E-state index >= 15 is 0 Å². The minimum Gasteiger partial charge on any atom is -0.507 e. The Labute approximate surface area is 97.3 Å².